The lowest BCUT2D eigenvalue weighted by atomic mass is 9.97. The molecule has 2 aliphatic heterocycles. The van der Waals surface area contributed by atoms with Gasteiger partial charge < -0.3 is 14.2 Å². The predicted octanol–water partition coefficient (Wildman–Crippen LogP) is 1.08. The van der Waals surface area contributed by atoms with E-state index in [4.69, 9.17) is 14.2 Å². The number of nitrogens with one attached hydrogen (secondary N) is 1. The Morgan fingerprint density at radius 2 is 1.95 bits per heavy atom. The van der Waals surface area contributed by atoms with Gasteiger partial charge in [-0.3, -0.25) is 10.1 Å². The number of fused-ring (bicyclic) bond motifs is 1. The third-order valence-electron chi connectivity index (χ3n) is 4.14. The van der Waals surface area contributed by atoms with E-state index < -0.39 is 12.1 Å². The minimum absolute atomic E-state index is 0.0535. The van der Waals surface area contributed by atoms with Crippen LogP contribution in [0.5, 0.6) is 11.5 Å². The predicted molar refractivity (Wildman–Crippen MR) is 76.9 cm³/mol. The van der Waals surface area contributed by atoms with Gasteiger partial charge in [0.1, 0.15) is 12.6 Å². The van der Waals surface area contributed by atoms with Crippen molar-refractivity contribution in [1.29, 1.82) is 0 Å². The smallest absolute Gasteiger partial charge is 0.417 e. The van der Waals surface area contributed by atoms with Crippen molar-refractivity contribution in [3.8, 4) is 11.5 Å². The van der Waals surface area contributed by atoms with Crippen LogP contribution in [0.2, 0.25) is 0 Å². The molecule has 7 nitrogen and oxygen atoms in total. The first-order valence-electron chi connectivity index (χ1n) is 7.04. The van der Waals surface area contributed by atoms with Crippen molar-refractivity contribution in [1.82, 2.24) is 10.2 Å². The Morgan fingerprint density at radius 1 is 1.23 bits per heavy atom. The minimum atomic E-state index is -0.614. The molecule has 0 aromatic heterocycles. The number of carbonyl (C=O) groups is 2. The molecule has 118 valence electrons. The van der Waals surface area contributed by atoms with Crippen molar-refractivity contribution in [2.24, 2.45) is 0 Å². The van der Waals surface area contributed by atoms with Crippen molar-refractivity contribution < 1.29 is 23.8 Å². The highest BCUT2D eigenvalue weighted by molar-refractivity contribution is 5.98. The molecule has 3 unspecified atom stereocenters. The summed E-state index contributed by atoms with van der Waals surface area (Å²) in [5.41, 5.74) is 0.715. The average Bonchev–Trinajstić information content (AvgIpc) is 2.93. The fourth-order valence-corrected chi connectivity index (χ4v) is 2.91. The molecule has 1 N–H and O–H groups in total. The fourth-order valence-electron chi connectivity index (χ4n) is 2.91. The molecule has 22 heavy (non-hydrogen) atoms. The highest BCUT2D eigenvalue weighted by Gasteiger charge is 2.48. The highest BCUT2D eigenvalue weighted by atomic mass is 16.6. The lowest BCUT2D eigenvalue weighted by Crippen LogP contribution is -2.59. The average molecular weight is 306 g/mol. The molecule has 7 heteroatoms. The van der Waals surface area contributed by atoms with Crippen LogP contribution in [0.3, 0.4) is 0 Å². The van der Waals surface area contributed by atoms with Gasteiger partial charge in [0.25, 0.3) is 5.91 Å². The summed E-state index contributed by atoms with van der Waals surface area (Å²) in [6.07, 6.45) is -0.575. The van der Waals surface area contributed by atoms with Gasteiger partial charge in [-0.2, -0.15) is 0 Å². The molecule has 0 spiro atoms. The molecule has 2 amide bonds. The van der Waals surface area contributed by atoms with E-state index in [-0.39, 0.29) is 24.6 Å². The summed E-state index contributed by atoms with van der Waals surface area (Å²) in [5.74, 6) is 0.812. The number of methoxy groups -OCH3 is 2. The Hall–Kier alpha value is -2.28. The third-order valence-corrected chi connectivity index (χ3v) is 4.14. The summed E-state index contributed by atoms with van der Waals surface area (Å²) in [5, 5.41) is 3.24. The number of amides is 2. The number of piperazine rings is 1. The van der Waals surface area contributed by atoms with Gasteiger partial charge in [-0.15, -0.1) is 0 Å². The molecule has 2 aliphatic rings. The van der Waals surface area contributed by atoms with E-state index in [0.717, 1.165) is 0 Å². The van der Waals surface area contributed by atoms with E-state index >= 15 is 0 Å². The van der Waals surface area contributed by atoms with Gasteiger partial charge in [-0.1, -0.05) is 6.07 Å². The molecule has 2 saturated heterocycles. The number of cyclic esters (lactones) is 1. The van der Waals surface area contributed by atoms with Gasteiger partial charge in [0, 0.05) is 6.04 Å². The number of carbonyl (C=O) groups excluding carboxylic acids is 2. The Bertz CT molecular complexity index is 618. The molecular formula is C15H18N2O5. The Balaban J connectivity index is 1.94. The molecule has 2 fully saturated rings. The van der Waals surface area contributed by atoms with Crippen LogP contribution >= 0.6 is 0 Å². The molecule has 0 saturated carbocycles. The van der Waals surface area contributed by atoms with Gasteiger partial charge in [-0.25, -0.2) is 9.69 Å². The van der Waals surface area contributed by atoms with Crippen LogP contribution in [-0.2, 0) is 9.53 Å². The maximum Gasteiger partial charge on any atom is 0.417 e. The number of hydrogen-bond donors (Lipinski definition) is 1. The molecule has 0 bridgehead atoms. The Kier molecular flexibility index (Phi) is 3.66. The van der Waals surface area contributed by atoms with Crippen molar-refractivity contribution in [2.75, 3.05) is 20.8 Å². The molecule has 0 radical (unpaired) electrons. The van der Waals surface area contributed by atoms with Crippen LogP contribution in [0, 0.1) is 0 Å². The van der Waals surface area contributed by atoms with Gasteiger partial charge in [0.2, 0.25) is 0 Å². The van der Waals surface area contributed by atoms with E-state index in [0.29, 0.717) is 17.1 Å². The summed E-state index contributed by atoms with van der Waals surface area (Å²) in [7, 11) is 3.09. The second-order valence-corrected chi connectivity index (χ2v) is 5.36. The van der Waals surface area contributed by atoms with E-state index in [1.807, 2.05) is 6.92 Å². The van der Waals surface area contributed by atoms with Gasteiger partial charge >= 0.3 is 6.09 Å². The molecule has 2 heterocycles. The first-order valence-corrected chi connectivity index (χ1v) is 7.04. The zero-order chi connectivity index (χ0) is 15.9. The number of imide groups is 1. The number of hydrogen-bond acceptors (Lipinski definition) is 6. The largest absolute Gasteiger partial charge is 0.493 e. The molecule has 1 aromatic carbocycles. The Labute approximate surface area is 128 Å². The quantitative estimate of drug-likeness (QED) is 0.900. The number of ether oxygens (including phenoxy) is 3. The van der Waals surface area contributed by atoms with E-state index in [9.17, 15) is 9.59 Å². The molecule has 0 aliphatic carbocycles. The molecule has 3 rings (SSSR count). The second-order valence-electron chi connectivity index (χ2n) is 5.36. The molecule has 1 aromatic rings. The van der Waals surface area contributed by atoms with Crippen molar-refractivity contribution in [2.45, 2.75) is 25.0 Å². The van der Waals surface area contributed by atoms with Crippen LogP contribution in [0.4, 0.5) is 4.79 Å². The zero-order valence-electron chi connectivity index (χ0n) is 12.7. The number of benzene rings is 1. The summed E-state index contributed by atoms with van der Waals surface area (Å²) in [6, 6.07) is 4.34. The summed E-state index contributed by atoms with van der Waals surface area (Å²) >= 11 is 0. The lowest BCUT2D eigenvalue weighted by Gasteiger charge is -2.37. The van der Waals surface area contributed by atoms with Crippen molar-refractivity contribution in [3.63, 3.8) is 0 Å². The highest BCUT2D eigenvalue weighted by Crippen LogP contribution is 2.33. The van der Waals surface area contributed by atoms with Crippen LogP contribution in [-0.4, -0.2) is 49.8 Å². The Morgan fingerprint density at radius 3 is 2.64 bits per heavy atom. The lowest BCUT2D eigenvalue weighted by molar-refractivity contribution is -0.135. The number of rotatable bonds is 3. The molecule has 3 atom stereocenters. The number of nitrogens with zero attached hydrogens (tertiary/aromatic N) is 1. The van der Waals surface area contributed by atoms with Crippen LogP contribution in [0.15, 0.2) is 18.2 Å². The van der Waals surface area contributed by atoms with E-state index in [1.165, 1.54) is 12.0 Å². The van der Waals surface area contributed by atoms with Gasteiger partial charge in [-0.05, 0) is 24.6 Å². The normalized spacial score (nSPS) is 27.4. The van der Waals surface area contributed by atoms with Gasteiger partial charge in [0.05, 0.1) is 20.3 Å². The summed E-state index contributed by atoms with van der Waals surface area (Å²) in [6.45, 7) is 2.16. The standard InChI is InChI=1S/C15H18N2O5/c1-8-10-7-22-15(19)17(10)14(18)13(16-8)9-4-5-11(20-2)12(6-9)21-3/h4-6,8,10,13,16H,7H2,1-3H3. The summed E-state index contributed by atoms with van der Waals surface area (Å²) in [4.78, 5) is 25.6. The van der Waals surface area contributed by atoms with E-state index in [2.05, 4.69) is 5.32 Å². The van der Waals surface area contributed by atoms with Crippen molar-refractivity contribution >= 4 is 12.0 Å². The van der Waals surface area contributed by atoms with Crippen LogP contribution in [0.25, 0.3) is 0 Å². The second kappa shape index (κ2) is 5.49. The fraction of sp³-hybridized carbons (Fsp3) is 0.467. The van der Waals surface area contributed by atoms with Crippen LogP contribution in [0.1, 0.15) is 18.5 Å². The van der Waals surface area contributed by atoms with E-state index in [1.54, 1.807) is 25.3 Å². The van der Waals surface area contributed by atoms with Crippen molar-refractivity contribution in [3.05, 3.63) is 23.8 Å². The first-order chi connectivity index (χ1) is 10.6. The third kappa shape index (κ3) is 2.18. The maximum absolute atomic E-state index is 12.6. The minimum Gasteiger partial charge on any atom is -0.493 e. The van der Waals surface area contributed by atoms with Crippen LogP contribution < -0.4 is 14.8 Å². The topological polar surface area (TPSA) is 77.1 Å². The SMILES string of the molecule is COc1ccc(C2NC(C)C3COC(=O)N3C2=O)cc1OC. The van der Waals surface area contributed by atoms with Gasteiger partial charge in [0.15, 0.2) is 11.5 Å². The first kappa shape index (κ1) is 14.6. The zero-order valence-corrected chi connectivity index (χ0v) is 12.7. The summed E-state index contributed by atoms with van der Waals surface area (Å²) < 4.78 is 15.5. The monoisotopic (exact) mass is 306 g/mol. The molecular weight excluding hydrogens is 288 g/mol. The maximum atomic E-state index is 12.6.